The van der Waals surface area contributed by atoms with E-state index < -0.39 is 49.5 Å². The van der Waals surface area contributed by atoms with Crippen LogP contribution < -0.4 is 5.32 Å². The third-order valence-corrected chi connectivity index (χ3v) is 18.1. The van der Waals surface area contributed by atoms with Gasteiger partial charge in [0.05, 0.1) is 25.4 Å². The van der Waals surface area contributed by atoms with Crippen molar-refractivity contribution in [3.05, 3.63) is 60.8 Å². The zero-order valence-corrected chi connectivity index (χ0v) is 57.3. The van der Waals surface area contributed by atoms with Gasteiger partial charge in [-0.1, -0.05) is 357 Å². The van der Waals surface area contributed by atoms with Crippen LogP contribution in [0, 0.1) is 0 Å². The van der Waals surface area contributed by atoms with E-state index >= 15 is 0 Å². The van der Waals surface area contributed by atoms with Gasteiger partial charge in [0.2, 0.25) is 5.91 Å². The average molecular weight is 1230 g/mol. The molecule has 1 aliphatic heterocycles. The lowest BCUT2D eigenvalue weighted by Crippen LogP contribution is -2.60. The molecule has 0 radical (unpaired) electrons. The molecular formula is C78H145NO8. The van der Waals surface area contributed by atoms with E-state index in [-0.39, 0.29) is 12.5 Å². The van der Waals surface area contributed by atoms with Crippen molar-refractivity contribution in [1.29, 1.82) is 0 Å². The maximum atomic E-state index is 13.1. The Hall–Kier alpha value is -2.11. The molecule has 0 aromatic carbocycles. The van der Waals surface area contributed by atoms with E-state index in [0.29, 0.717) is 6.42 Å². The highest BCUT2D eigenvalue weighted by Gasteiger charge is 2.44. The summed E-state index contributed by atoms with van der Waals surface area (Å²) in [6.07, 6.45) is 86.4. The smallest absolute Gasteiger partial charge is 0.220 e. The fourth-order valence-corrected chi connectivity index (χ4v) is 12.1. The van der Waals surface area contributed by atoms with Gasteiger partial charge in [0.25, 0.3) is 0 Å². The van der Waals surface area contributed by atoms with E-state index in [1.165, 1.54) is 302 Å². The third-order valence-electron chi connectivity index (χ3n) is 18.1. The highest BCUT2D eigenvalue weighted by atomic mass is 16.7. The summed E-state index contributed by atoms with van der Waals surface area (Å²) in [5.74, 6) is -0.180. The van der Waals surface area contributed by atoms with Crippen molar-refractivity contribution in [3.63, 3.8) is 0 Å². The van der Waals surface area contributed by atoms with Crippen LogP contribution >= 0.6 is 0 Å². The number of aliphatic hydroxyl groups is 5. The molecule has 87 heavy (non-hydrogen) atoms. The van der Waals surface area contributed by atoms with Crippen LogP contribution in [0.25, 0.3) is 0 Å². The molecule has 6 N–H and O–H groups in total. The molecule has 0 aromatic heterocycles. The van der Waals surface area contributed by atoms with Gasteiger partial charge >= 0.3 is 0 Å². The summed E-state index contributed by atoms with van der Waals surface area (Å²) in [7, 11) is 0. The van der Waals surface area contributed by atoms with Crippen LogP contribution in [0.4, 0.5) is 0 Å². The second-order valence-electron chi connectivity index (χ2n) is 26.4. The van der Waals surface area contributed by atoms with Crippen LogP contribution in [0.15, 0.2) is 60.8 Å². The summed E-state index contributed by atoms with van der Waals surface area (Å²) in [6.45, 7) is 3.80. The van der Waals surface area contributed by atoms with E-state index in [1.807, 2.05) is 6.08 Å². The zero-order valence-electron chi connectivity index (χ0n) is 57.3. The lowest BCUT2D eigenvalue weighted by molar-refractivity contribution is -0.302. The second kappa shape index (κ2) is 66.8. The van der Waals surface area contributed by atoms with Crippen molar-refractivity contribution >= 4 is 5.91 Å². The van der Waals surface area contributed by atoms with E-state index in [2.05, 4.69) is 67.8 Å². The van der Waals surface area contributed by atoms with Gasteiger partial charge in [0.1, 0.15) is 24.4 Å². The molecule has 1 fully saturated rings. The van der Waals surface area contributed by atoms with Crippen LogP contribution in [0.1, 0.15) is 373 Å². The van der Waals surface area contributed by atoms with Crippen molar-refractivity contribution in [2.75, 3.05) is 13.2 Å². The summed E-state index contributed by atoms with van der Waals surface area (Å²) in [5, 5.41) is 54.8. The van der Waals surface area contributed by atoms with E-state index in [4.69, 9.17) is 9.47 Å². The Labute approximate surface area is 538 Å². The Kier molecular flexibility index (Phi) is 63.7. The quantitative estimate of drug-likeness (QED) is 0.0261. The molecular weight excluding hydrogens is 1080 g/mol. The topological polar surface area (TPSA) is 149 Å². The fourth-order valence-electron chi connectivity index (χ4n) is 12.1. The second-order valence-corrected chi connectivity index (χ2v) is 26.4. The number of hydrogen-bond donors (Lipinski definition) is 6. The molecule has 0 aliphatic carbocycles. The molecule has 0 spiro atoms. The average Bonchev–Trinajstić information content (AvgIpc) is 3.37. The number of allylic oxidation sites excluding steroid dienone is 9. The lowest BCUT2D eigenvalue weighted by Gasteiger charge is -2.40. The molecule has 7 unspecified atom stereocenters. The summed E-state index contributed by atoms with van der Waals surface area (Å²) in [6, 6.07) is -0.824. The highest BCUT2D eigenvalue weighted by molar-refractivity contribution is 5.76. The molecule has 7 atom stereocenters. The summed E-state index contributed by atoms with van der Waals surface area (Å²) >= 11 is 0. The lowest BCUT2D eigenvalue weighted by atomic mass is 9.99. The minimum Gasteiger partial charge on any atom is -0.394 e. The number of carbonyl (C=O) groups is 1. The van der Waals surface area contributed by atoms with Gasteiger partial charge in [-0.2, -0.15) is 0 Å². The number of nitrogens with one attached hydrogen (secondary N) is 1. The standard InChI is InChI=1S/C78H145NO8/c1-3-5-7-9-11-13-15-17-19-21-23-25-27-29-31-32-33-34-35-36-37-38-39-40-42-44-46-48-50-52-54-56-58-60-62-64-66-68-74(82)79-71(70-86-78-77(85)76(84)75(83)73(69-80)87-78)72(81)67-65-63-61-59-57-55-53-51-49-47-45-43-41-30-28-26-24-22-20-18-16-14-12-10-8-6-4-2/h15,17,21,23,27,29,57,59,65,67,71-73,75-78,80-81,83-85H,3-14,16,18-20,22,24-26,28,30-56,58,60-64,66,68-70H2,1-2H3,(H,79,82)/b17-15-,23-21-,29-27-,59-57+,67-65+. The molecule has 0 saturated carbocycles. The Bertz CT molecular complexity index is 1560. The Balaban J connectivity index is 2.09. The Morgan fingerprint density at radius 2 is 0.690 bits per heavy atom. The fraction of sp³-hybridized carbons (Fsp3) is 0.859. The summed E-state index contributed by atoms with van der Waals surface area (Å²) in [5.41, 5.74) is 0. The maximum absolute atomic E-state index is 13.1. The van der Waals surface area contributed by atoms with Crippen LogP contribution in [0.5, 0.6) is 0 Å². The van der Waals surface area contributed by atoms with Gasteiger partial charge < -0.3 is 40.3 Å². The summed E-state index contributed by atoms with van der Waals surface area (Å²) < 4.78 is 11.3. The molecule has 9 nitrogen and oxygen atoms in total. The van der Waals surface area contributed by atoms with E-state index in [1.54, 1.807) is 6.08 Å². The number of ether oxygens (including phenoxy) is 2. The number of rotatable bonds is 67. The van der Waals surface area contributed by atoms with E-state index in [0.717, 1.165) is 51.4 Å². The molecule has 1 rings (SSSR count). The van der Waals surface area contributed by atoms with E-state index in [9.17, 15) is 30.3 Å². The van der Waals surface area contributed by atoms with Crippen LogP contribution in [0.2, 0.25) is 0 Å². The van der Waals surface area contributed by atoms with Gasteiger partial charge in [-0.3, -0.25) is 4.79 Å². The number of unbranched alkanes of at least 4 members (excludes halogenated alkanes) is 49. The largest absolute Gasteiger partial charge is 0.394 e. The minimum atomic E-state index is -1.57. The van der Waals surface area contributed by atoms with Crippen molar-refractivity contribution in [1.82, 2.24) is 5.32 Å². The first kappa shape index (κ1) is 82.9. The minimum absolute atomic E-state index is 0.180. The normalized spacial score (nSPS) is 18.3. The predicted octanol–water partition coefficient (Wildman–Crippen LogP) is 21.3. The first-order valence-corrected chi connectivity index (χ1v) is 38.0. The molecule has 9 heteroatoms. The molecule has 510 valence electrons. The number of amides is 1. The Morgan fingerprint density at radius 3 is 1.05 bits per heavy atom. The van der Waals surface area contributed by atoms with Gasteiger partial charge in [-0.25, -0.2) is 0 Å². The van der Waals surface area contributed by atoms with Gasteiger partial charge in [0, 0.05) is 6.42 Å². The van der Waals surface area contributed by atoms with Gasteiger partial charge in [-0.05, 0) is 70.6 Å². The maximum Gasteiger partial charge on any atom is 0.220 e. The van der Waals surface area contributed by atoms with Gasteiger partial charge in [0.15, 0.2) is 6.29 Å². The molecule has 1 heterocycles. The van der Waals surface area contributed by atoms with Crippen LogP contribution in [0.3, 0.4) is 0 Å². The molecule has 1 saturated heterocycles. The Morgan fingerprint density at radius 1 is 0.391 bits per heavy atom. The van der Waals surface area contributed by atoms with Crippen molar-refractivity contribution in [3.8, 4) is 0 Å². The van der Waals surface area contributed by atoms with Crippen molar-refractivity contribution < 1.29 is 39.8 Å². The third kappa shape index (κ3) is 55.3. The first-order chi connectivity index (χ1) is 42.8. The molecule has 0 bridgehead atoms. The van der Waals surface area contributed by atoms with Crippen molar-refractivity contribution in [2.45, 2.75) is 416 Å². The molecule has 1 amide bonds. The van der Waals surface area contributed by atoms with Gasteiger partial charge in [-0.15, -0.1) is 0 Å². The molecule has 1 aliphatic rings. The molecule has 0 aromatic rings. The summed E-state index contributed by atoms with van der Waals surface area (Å²) in [4.78, 5) is 13.1. The predicted molar refractivity (Wildman–Crippen MR) is 373 cm³/mol. The SMILES string of the molecule is CCCCCCC/C=C\C/C=C\C/C=C\CCCCCCCCCCCCCCCCCCCCCCCCC(=O)NC(COC1OC(CO)C(O)C(O)C1O)C(O)/C=C/CC/C=C/CCCCCCCCCCCCCCCCCCCCCCC. The van der Waals surface area contributed by atoms with Crippen LogP contribution in [-0.2, 0) is 14.3 Å². The first-order valence-electron chi connectivity index (χ1n) is 38.0. The zero-order chi connectivity index (χ0) is 62.8. The number of aliphatic hydroxyl groups excluding tert-OH is 5. The van der Waals surface area contributed by atoms with Crippen LogP contribution in [-0.4, -0.2) is 87.5 Å². The number of hydrogen-bond acceptors (Lipinski definition) is 8. The highest BCUT2D eigenvalue weighted by Crippen LogP contribution is 2.24. The monoisotopic (exact) mass is 1220 g/mol. The van der Waals surface area contributed by atoms with Crippen molar-refractivity contribution in [2.24, 2.45) is 0 Å². The number of carbonyl (C=O) groups excluding carboxylic acids is 1.